The van der Waals surface area contributed by atoms with E-state index in [4.69, 9.17) is 4.74 Å². The van der Waals surface area contributed by atoms with Crippen LogP contribution in [0.5, 0.6) is 5.75 Å². The lowest BCUT2D eigenvalue weighted by Crippen LogP contribution is -2.15. The molecule has 1 aromatic heterocycles. The van der Waals surface area contributed by atoms with E-state index in [1.807, 2.05) is 54.6 Å². The van der Waals surface area contributed by atoms with Gasteiger partial charge in [-0.2, -0.15) is 15.2 Å². The Balaban J connectivity index is 1.63. The minimum atomic E-state index is -0.528. The van der Waals surface area contributed by atoms with Crippen LogP contribution in [-0.2, 0) is 6.61 Å². The van der Waals surface area contributed by atoms with Crippen molar-refractivity contribution in [3.05, 3.63) is 81.9 Å². The maximum Gasteiger partial charge on any atom is 0.363 e. The summed E-state index contributed by atoms with van der Waals surface area (Å²) in [5.41, 5.74) is 4.70. The summed E-state index contributed by atoms with van der Waals surface area (Å²) in [6.07, 6.45) is 1.62. The summed E-state index contributed by atoms with van der Waals surface area (Å²) in [6, 6.07) is 17.5. The molecule has 25 heavy (non-hydrogen) atoms. The molecule has 0 fully saturated rings. The quantitative estimate of drug-likeness (QED) is 0.533. The molecule has 0 saturated carbocycles. The molecule has 2 aromatic carbocycles. The van der Waals surface area contributed by atoms with Crippen molar-refractivity contribution < 1.29 is 4.74 Å². The van der Waals surface area contributed by atoms with Gasteiger partial charge in [0.15, 0.2) is 5.82 Å². The van der Waals surface area contributed by atoms with Crippen LogP contribution in [0.25, 0.3) is 0 Å². The Morgan fingerprint density at radius 1 is 1.20 bits per heavy atom. The monoisotopic (exact) mass is 335 g/mol. The Morgan fingerprint density at radius 2 is 2.04 bits per heavy atom. The molecule has 0 amide bonds. The Hall–Kier alpha value is -3.48. The van der Waals surface area contributed by atoms with E-state index in [1.54, 1.807) is 13.1 Å². The largest absolute Gasteiger partial charge is 0.489 e. The summed E-state index contributed by atoms with van der Waals surface area (Å²) < 4.78 is 5.78. The average molecular weight is 335 g/mol. The van der Waals surface area contributed by atoms with Crippen LogP contribution in [0, 0.1) is 6.92 Å². The molecule has 0 unspecified atom stereocenters. The highest BCUT2D eigenvalue weighted by molar-refractivity contribution is 5.80. The van der Waals surface area contributed by atoms with Crippen LogP contribution in [0.4, 0.5) is 5.82 Å². The van der Waals surface area contributed by atoms with Gasteiger partial charge in [-0.3, -0.25) is 5.43 Å². The molecule has 7 heteroatoms. The zero-order valence-electron chi connectivity index (χ0n) is 13.6. The second-order valence-corrected chi connectivity index (χ2v) is 5.29. The first-order chi connectivity index (χ1) is 12.2. The molecule has 126 valence electrons. The number of hydrogen-bond donors (Lipinski definition) is 2. The lowest BCUT2D eigenvalue weighted by Gasteiger charge is -2.06. The highest BCUT2D eigenvalue weighted by Crippen LogP contribution is 2.14. The third-order valence-corrected chi connectivity index (χ3v) is 3.37. The van der Waals surface area contributed by atoms with E-state index in [0.717, 1.165) is 16.9 Å². The van der Waals surface area contributed by atoms with E-state index in [0.29, 0.717) is 18.1 Å². The molecule has 0 atom stereocenters. The predicted octanol–water partition coefficient (Wildman–Crippen LogP) is 2.50. The Morgan fingerprint density at radius 3 is 2.88 bits per heavy atom. The first-order valence-corrected chi connectivity index (χ1v) is 7.70. The maximum atomic E-state index is 11.2. The summed E-state index contributed by atoms with van der Waals surface area (Å²) in [5.74, 6) is 1.07. The van der Waals surface area contributed by atoms with Crippen molar-refractivity contribution >= 4 is 12.0 Å². The number of nitrogens with one attached hydrogen (secondary N) is 2. The van der Waals surface area contributed by atoms with Gasteiger partial charge in [0, 0.05) is 0 Å². The minimum Gasteiger partial charge on any atom is -0.489 e. The van der Waals surface area contributed by atoms with Gasteiger partial charge in [-0.1, -0.05) is 42.5 Å². The topological polar surface area (TPSA) is 92.3 Å². The van der Waals surface area contributed by atoms with Gasteiger partial charge in [-0.25, -0.2) is 9.89 Å². The maximum absolute atomic E-state index is 11.2. The van der Waals surface area contributed by atoms with E-state index in [1.165, 1.54) is 0 Å². The molecule has 0 aliphatic rings. The summed E-state index contributed by atoms with van der Waals surface area (Å²) in [4.78, 5) is 14.9. The van der Waals surface area contributed by atoms with Crippen LogP contribution in [-0.4, -0.2) is 21.4 Å². The molecule has 0 bridgehead atoms. The average Bonchev–Trinajstić information content (AvgIpc) is 2.64. The van der Waals surface area contributed by atoms with Crippen molar-refractivity contribution in [2.45, 2.75) is 13.5 Å². The molecule has 0 radical (unpaired) electrons. The number of nitrogens with zero attached hydrogens (tertiary/aromatic N) is 3. The fourth-order valence-corrected chi connectivity index (χ4v) is 2.09. The smallest absolute Gasteiger partial charge is 0.363 e. The third kappa shape index (κ3) is 4.74. The highest BCUT2D eigenvalue weighted by Gasteiger charge is 2.00. The number of rotatable bonds is 6. The third-order valence-electron chi connectivity index (χ3n) is 3.37. The van der Waals surface area contributed by atoms with Crippen molar-refractivity contribution in [3.8, 4) is 5.75 Å². The van der Waals surface area contributed by atoms with Gasteiger partial charge >= 0.3 is 5.69 Å². The second-order valence-electron chi connectivity index (χ2n) is 5.29. The van der Waals surface area contributed by atoms with Crippen molar-refractivity contribution in [1.29, 1.82) is 0 Å². The normalized spacial score (nSPS) is 10.8. The number of benzene rings is 2. The molecule has 2 N–H and O–H groups in total. The summed E-state index contributed by atoms with van der Waals surface area (Å²) >= 11 is 0. The Labute approximate surface area is 144 Å². The summed E-state index contributed by atoms with van der Waals surface area (Å²) in [5, 5.41) is 10.2. The predicted molar refractivity (Wildman–Crippen MR) is 95.8 cm³/mol. The molecule has 0 aliphatic heterocycles. The van der Waals surface area contributed by atoms with Crippen molar-refractivity contribution in [3.63, 3.8) is 0 Å². The first kappa shape index (κ1) is 16.4. The van der Waals surface area contributed by atoms with Crippen LogP contribution in [0.1, 0.15) is 16.8 Å². The second kappa shape index (κ2) is 7.87. The van der Waals surface area contributed by atoms with Gasteiger partial charge in [0.2, 0.25) is 0 Å². The first-order valence-electron chi connectivity index (χ1n) is 7.70. The number of anilines is 1. The molecule has 7 nitrogen and oxygen atoms in total. The molecular weight excluding hydrogens is 318 g/mol. The van der Waals surface area contributed by atoms with Gasteiger partial charge in [-0.05, 0) is 30.2 Å². The van der Waals surface area contributed by atoms with E-state index in [9.17, 15) is 4.79 Å². The SMILES string of the molecule is Cc1n[nH]c(=O)nc1NN=Cc1cccc(OCc2ccccc2)c1. The zero-order valence-corrected chi connectivity index (χ0v) is 13.6. The van der Waals surface area contributed by atoms with Crippen LogP contribution in [0.2, 0.25) is 0 Å². The number of aromatic amines is 1. The number of hydrazone groups is 1. The highest BCUT2D eigenvalue weighted by atomic mass is 16.5. The van der Waals surface area contributed by atoms with Gasteiger partial charge < -0.3 is 4.74 Å². The van der Waals surface area contributed by atoms with Crippen LogP contribution in [0.15, 0.2) is 64.5 Å². The van der Waals surface area contributed by atoms with E-state index >= 15 is 0 Å². The number of aromatic nitrogens is 3. The van der Waals surface area contributed by atoms with E-state index in [2.05, 4.69) is 25.7 Å². The summed E-state index contributed by atoms with van der Waals surface area (Å²) in [6.45, 7) is 2.22. The van der Waals surface area contributed by atoms with E-state index < -0.39 is 5.69 Å². The number of H-pyrrole nitrogens is 1. The standard InChI is InChI=1S/C18H17N5O2/c1-13-17(20-18(24)23-21-13)22-19-11-15-8-5-9-16(10-15)25-12-14-6-3-2-4-7-14/h2-11H,12H2,1H3,(H2,20,22,23,24). The fraction of sp³-hybridized carbons (Fsp3) is 0.111. The van der Waals surface area contributed by atoms with E-state index in [-0.39, 0.29) is 0 Å². The van der Waals surface area contributed by atoms with Crippen LogP contribution < -0.4 is 15.9 Å². The number of aryl methyl sites for hydroxylation is 1. The number of ether oxygens (including phenoxy) is 1. The summed E-state index contributed by atoms with van der Waals surface area (Å²) in [7, 11) is 0. The van der Waals surface area contributed by atoms with Crippen LogP contribution in [0.3, 0.4) is 0 Å². The molecule has 0 saturated heterocycles. The molecule has 0 aliphatic carbocycles. The van der Waals surface area contributed by atoms with Gasteiger partial charge in [0.25, 0.3) is 0 Å². The molecule has 1 heterocycles. The van der Waals surface area contributed by atoms with Crippen LogP contribution >= 0.6 is 0 Å². The van der Waals surface area contributed by atoms with Gasteiger partial charge in [0.1, 0.15) is 18.1 Å². The molecule has 3 aromatic rings. The molecular formula is C18H17N5O2. The Bertz CT molecular complexity index is 922. The fourth-order valence-electron chi connectivity index (χ4n) is 2.09. The Kier molecular flexibility index (Phi) is 5.16. The molecule has 3 rings (SSSR count). The lowest BCUT2D eigenvalue weighted by atomic mass is 10.2. The zero-order chi connectivity index (χ0) is 17.5. The lowest BCUT2D eigenvalue weighted by molar-refractivity contribution is 0.306. The van der Waals surface area contributed by atoms with Crippen molar-refractivity contribution in [2.75, 3.05) is 5.43 Å². The van der Waals surface area contributed by atoms with Crippen molar-refractivity contribution in [2.24, 2.45) is 5.10 Å². The van der Waals surface area contributed by atoms with Gasteiger partial charge in [0.05, 0.1) is 6.21 Å². The molecule has 0 spiro atoms. The minimum absolute atomic E-state index is 0.316. The van der Waals surface area contributed by atoms with Crippen molar-refractivity contribution in [1.82, 2.24) is 15.2 Å². The van der Waals surface area contributed by atoms with Gasteiger partial charge in [-0.15, -0.1) is 0 Å². The number of hydrogen-bond acceptors (Lipinski definition) is 6.